The number of carboxylic acid groups (broad SMARTS) is 1. The Bertz CT molecular complexity index is 817. The van der Waals surface area contributed by atoms with Crippen LogP contribution in [-0.2, 0) is 14.3 Å². The smallest absolute Gasteiger partial charge is 0.335 e. The Hall–Kier alpha value is -2.64. The molecular formula is C18H21F2NO9. The van der Waals surface area contributed by atoms with E-state index in [1.165, 1.54) is 6.07 Å². The fraction of sp³-hybridized carbons (Fsp3) is 0.444. The van der Waals surface area contributed by atoms with Crippen LogP contribution >= 0.6 is 0 Å². The van der Waals surface area contributed by atoms with Gasteiger partial charge in [-0.25, -0.2) is 13.6 Å². The summed E-state index contributed by atoms with van der Waals surface area (Å²) in [5.41, 5.74) is 5.08. The number of hydrogen-bond acceptors (Lipinski definition) is 9. The number of aliphatic carboxylic acids is 1. The number of carbonyl (C=O) groups excluding carboxylic acids is 1. The van der Waals surface area contributed by atoms with Gasteiger partial charge in [0.2, 0.25) is 6.29 Å². The molecule has 5 unspecified atom stereocenters. The number of alkyl halides is 2. The fourth-order valence-corrected chi connectivity index (χ4v) is 2.99. The van der Waals surface area contributed by atoms with E-state index in [1.54, 1.807) is 0 Å². The number of allylic oxidation sites excluding steroid dienone is 1. The highest BCUT2D eigenvalue weighted by molar-refractivity contribution is 5.85. The summed E-state index contributed by atoms with van der Waals surface area (Å²) in [4.78, 5) is 22.0. The molecule has 12 heteroatoms. The van der Waals surface area contributed by atoms with Gasteiger partial charge in [-0.1, -0.05) is 0 Å². The predicted octanol–water partition coefficient (Wildman–Crippen LogP) is -0.555. The number of benzene rings is 1. The first-order valence-electron chi connectivity index (χ1n) is 8.60. The normalized spacial score (nSPS) is 27.1. The molecule has 0 amide bonds. The molecule has 1 fully saturated rings. The summed E-state index contributed by atoms with van der Waals surface area (Å²) in [6.45, 7) is -0.160. The van der Waals surface area contributed by atoms with Crippen molar-refractivity contribution in [2.75, 3.05) is 13.7 Å². The second-order valence-electron chi connectivity index (χ2n) is 6.24. The summed E-state index contributed by atoms with van der Waals surface area (Å²) < 4.78 is 42.9. The monoisotopic (exact) mass is 433 g/mol. The number of halogens is 2. The minimum absolute atomic E-state index is 0.0960. The molecule has 0 aliphatic carbocycles. The number of hydrogen-bond donors (Lipinski definition) is 5. The van der Waals surface area contributed by atoms with Crippen LogP contribution in [0.5, 0.6) is 11.5 Å². The minimum atomic E-state index is -3.16. The highest BCUT2D eigenvalue weighted by atomic mass is 19.3. The summed E-state index contributed by atoms with van der Waals surface area (Å²) in [6.07, 6.45) is -11.4. The van der Waals surface area contributed by atoms with Gasteiger partial charge in [-0.15, -0.1) is 0 Å². The third kappa shape index (κ3) is 4.57. The molecule has 1 aromatic rings. The Kier molecular flexibility index (Phi) is 7.81. The first-order valence-corrected chi connectivity index (χ1v) is 8.60. The van der Waals surface area contributed by atoms with E-state index in [2.05, 4.69) is 0 Å². The van der Waals surface area contributed by atoms with Gasteiger partial charge in [-0.2, -0.15) is 0 Å². The van der Waals surface area contributed by atoms with Crippen molar-refractivity contribution in [3.8, 4) is 11.5 Å². The van der Waals surface area contributed by atoms with E-state index in [4.69, 9.17) is 25.1 Å². The molecule has 0 bridgehead atoms. The van der Waals surface area contributed by atoms with E-state index in [9.17, 15) is 33.7 Å². The van der Waals surface area contributed by atoms with E-state index in [0.717, 1.165) is 19.3 Å². The zero-order valence-corrected chi connectivity index (χ0v) is 15.6. The van der Waals surface area contributed by atoms with Crippen molar-refractivity contribution in [3.63, 3.8) is 0 Å². The molecule has 1 aliphatic rings. The number of carbonyl (C=O) groups is 2. The maximum absolute atomic E-state index is 13.8. The van der Waals surface area contributed by atoms with Crippen molar-refractivity contribution in [2.45, 2.75) is 37.1 Å². The average molecular weight is 433 g/mol. The standard InChI is InChI=1S/C18H21F2NO9/c1-28-14-8(7(6-21)4-5-22)2-3-9(10(14)16(19)20)29-18-13(25)11(23)12(24)15(30-18)17(26)27/h2-5,11-13,15-16,18,23-25H,6,21H2,1H3,(H,26,27)/b7-4-. The third-order valence-corrected chi connectivity index (χ3v) is 4.47. The fourth-order valence-electron chi connectivity index (χ4n) is 2.99. The van der Waals surface area contributed by atoms with Crippen LogP contribution < -0.4 is 15.2 Å². The summed E-state index contributed by atoms with van der Waals surface area (Å²) in [5.74, 6) is -2.55. The van der Waals surface area contributed by atoms with E-state index in [1.807, 2.05) is 0 Å². The lowest BCUT2D eigenvalue weighted by atomic mass is 9.98. The lowest BCUT2D eigenvalue weighted by Gasteiger charge is -2.38. The second kappa shape index (κ2) is 9.91. The summed E-state index contributed by atoms with van der Waals surface area (Å²) in [6, 6.07) is 2.34. The molecular weight excluding hydrogens is 412 g/mol. The molecule has 10 nitrogen and oxygen atoms in total. The third-order valence-electron chi connectivity index (χ3n) is 4.47. The molecule has 1 heterocycles. The van der Waals surface area contributed by atoms with Gasteiger partial charge >= 0.3 is 5.97 Å². The summed E-state index contributed by atoms with van der Waals surface area (Å²) >= 11 is 0. The number of aldehydes is 1. The maximum Gasteiger partial charge on any atom is 0.335 e. The maximum atomic E-state index is 13.8. The molecule has 0 aromatic heterocycles. The van der Waals surface area contributed by atoms with E-state index in [-0.39, 0.29) is 23.4 Å². The van der Waals surface area contributed by atoms with Crippen molar-refractivity contribution in [1.29, 1.82) is 0 Å². The van der Waals surface area contributed by atoms with Crippen LogP contribution in [0, 0.1) is 0 Å². The van der Waals surface area contributed by atoms with Crippen molar-refractivity contribution in [2.24, 2.45) is 5.73 Å². The SMILES string of the molecule is COc1c(/C(=C\C=O)CN)ccc(OC2OC(C(=O)O)C(O)C(O)C2O)c1C(F)F. The molecule has 1 aromatic carbocycles. The van der Waals surface area contributed by atoms with Crippen molar-refractivity contribution >= 4 is 17.8 Å². The number of carboxylic acids is 1. The van der Waals surface area contributed by atoms with Gasteiger partial charge in [0.15, 0.2) is 6.10 Å². The number of rotatable bonds is 8. The molecule has 1 aliphatic heterocycles. The van der Waals surface area contributed by atoms with Crippen LogP contribution in [0.15, 0.2) is 18.2 Å². The van der Waals surface area contributed by atoms with Crippen molar-refractivity contribution < 1.29 is 53.0 Å². The van der Waals surface area contributed by atoms with Crippen LogP contribution in [0.2, 0.25) is 0 Å². The van der Waals surface area contributed by atoms with E-state index >= 15 is 0 Å². The van der Waals surface area contributed by atoms with E-state index in [0.29, 0.717) is 6.29 Å². The zero-order valence-electron chi connectivity index (χ0n) is 15.6. The van der Waals surface area contributed by atoms with Crippen molar-refractivity contribution in [3.05, 3.63) is 29.3 Å². The number of methoxy groups -OCH3 is 1. The molecule has 1 saturated heterocycles. The zero-order chi connectivity index (χ0) is 22.6. The Balaban J connectivity index is 2.50. The van der Waals surface area contributed by atoms with Gasteiger partial charge in [0.1, 0.15) is 41.7 Å². The predicted molar refractivity (Wildman–Crippen MR) is 96.0 cm³/mol. The van der Waals surface area contributed by atoms with E-state index < -0.39 is 54.4 Å². The second-order valence-corrected chi connectivity index (χ2v) is 6.24. The first kappa shape index (κ1) is 23.6. The molecule has 30 heavy (non-hydrogen) atoms. The van der Waals surface area contributed by atoms with Crippen LogP contribution in [-0.4, -0.2) is 77.0 Å². The largest absolute Gasteiger partial charge is 0.495 e. The molecule has 0 spiro atoms. The lowest BCUT2D eigenvalue weighted by molar-refractivity contribution is -0.271. The molecule has 0 radical (unpaired) electrons. The number of ether oxygens (including phenoxy) is 3. The lowest BCUT2D eigenvalue weighted by Crippen LogP contribution is -2.61. The van der Waals surface area contributed by atoms with Crippen LogP contribution in [0.25, 0.3) is 5.57 Å². The van der Waals surface area contributed by atoms with Gasteiger partial charge < -0.3 is 40.4 Å². The minimum Gasteiger partial charge on any atom is -0.495 e. The topological polar surface area (TPSA) is 169 Å². The summed E-state index contributed by atoms with van der Waals surface area (Å²) in [5, 5.41) is 38.7. The van der Waals surface area contributed by atoms with Gasteiger partial charge in [0.25, 0.3) is 6.43 Å². The number of aliphatic hydroxyl groups excluding tert-OH is 3. The highest BCUT2D eigenvalue weighted by Crippen LogP contribution is 2.42. The van der Waals surface area contributed by atoms with Crippen LogP contribution in [0.3, 0.4) is 0 Å². The molecule has 0 saturated carbocycles. The Morgan fingerprint density at radius 3 is 2.43 bits per heavy atom. The highest BCUT2D eigenvalue weighted by Gasteiger charge is 2.48. The van der Waals surface area contributed by atoms with Crippen LogP contribution in [0.1, 0.15) is 17.6 Å². The Morgan fingerprint density at radius 1 is 1.27 bits per heavy atom. The number of nitrogens with two attached hydrogens (primary N) is 1. The average Bonchev–Trinajstić information content (AvgIpc) is 2.71. The first-order chi connectivity index (χ1) is 14.2. The van der Waals surface area contributed by atoms with Crippen molar-refractivity contribution in [1.82, 2.24) is 0 Å². The van der Waals surface area contributed by atoms with Crippen LogP contribution in [0.4, 0.5) is 8.78 Å². The quantitative estimate of drug-likeness (QED) is 0.265. The van der Waals surface area contributed by atoms with Gasteiger partial charge in [0.05, 0.1) is 7.11 Å². The molecule has 2 rings (SSSR count). The summed E-state index contributed by atoms with van der Waals surface area (Å²) in [7, 11) is 1.11. The van der Waals surface area contributed by atoms with Gasteiger partial charge in [-0.3, -0.25) is 4.79 Å². The molecule has 6 N–H and O–H groups in total. The Morgan fingerprint density at radius 2 is 1.93 bits per heavy atom. The molecule has 166 valence electrons. The van der Waals surface area contributed by atoms with Gasteiger partial charge in [-0.05, 0) is 23.8 Å². The van der Waals surface area contributed by atoms with Gasteiger partial charge in [0, 0.05) is 12.1 Å². The number of aliphatic hydroxyl groups is 3. The Labute approximate surface area is 169 Å². The molecule has 5 atom stereocenters.